The Morgan fingerprint density at radius 3 is 2.90 bits per heavy atom. The van der Waals surface area contributed by atoms with Crippen molar-refractivity contribution < 1.29 is 0 Å². The molecule has 0 aromatic carbocycles. The second-order valence-corrected chi connectivity index (χ2v) is 6.74. The molecule has 0 bridgehead atoms. The smallest absolute Gasteiger partial charge is 0.0853 e. The lowest BCUT2D eigenvalue weighted by atomic mass is 10.1. The molecule has 0 aliphatic rings. The number of likely N-dealkylation sites (N-methyl/N-ethyl adjacent to an activating group) is 1. The van der Waals surface area contributed by atoms with Gasteiger partial charge in [-0.25, -0.2) is 0 Å². The molecular weight excluding hydrogens is 336 g/mol. The van der Waals surface area contributed by atoms with Gasteiger partial charge in [-0.2, -0.15) is 5.10 Å². The Bertz CT molecular complexity index is 521. The number of halogens is 1. The first-order valence-electron chi connectivity index (χ1n) is 6.76. The van der Waals surface area contributed by atoms with Gasteiger partial charge in [-0.1, -0.05) is 13.0 Å². The molecule has 6 heteroatoms. The Morgan fingerprint density at radius 2 is 2.30 bits per heavy atom. The molecule has 1 N–H and O–H groups in total. The number of nitrogens with zero attached hydrogens (tertiary/aromatic N) is 3. The predicted molar refractivity (Wildman–Crippen MR) is 88.3 cm³/mol. The molecule has 0 aliphatic carbocycles. The number of rotatable bonds is 7. The molecule has 0 fully saturated rings. The summed E-state index contributed by atoms with van der Waals surface area (Å²) in [5.41, 5.74) is 1.20. The van der Waals surface area contributed by atoms with Gasteiger partial charge in [0.25, 0.3) is 0 Å². The molecule has 0 radical (unpaired) electrons. The van der Waals surface area contributed by atoms with Gasteiger partial charge in [-0.15, -0.1) is 11.3 Å². The predicted octanol–water partition coefficient (Wildman–Crippen LogP) is 2.97. The van der Waals surface area contributed by atoms with E-state index in [9.17, 15) is 0 Å². The molecule has 20 heavy (non-hydrogen) atoms. The quantitative estimate of drug-likeness (QED) is 0.827. The van der Waals surface area contributed by atoms with E-state index >= 15 is 0 Å². The maximum atomic E-state index is 4.51. The van der Waals surface area contributed by atoms with Gasteiger partial charge in [0.2, 0.25) is 0 Å². The summed E-state index contributed by atoms with van der Waals surface area (Å²) in [7, 11) is 4.17. The molecule has 2 heterocycles. The van der Waals surface area contributed by atoms with Gasteiger partial charge >= 0.3 is 0 Å². The van der Waals surface area contributed by atoms with E-state index < -0.39 is 0 Å². The van der Waals surface area contributed by atoms with E-state index in [1.165, 1.54) is 10.6 Å². The Labute approximate surface area is 132 Å². The zero-order chi connectivity index (χ0) is 14.5. The summed E-state index contributed by atoms with van der Waals surface area (Å²) < 4.78 is 3.16. The molecule has 2 aromatic rings. The zero-order valence-electron chi connectivity index (χ0n) is 12.1. The van der Waals surface area contributed by atoms with Crippen LogP contribution in [0, 0.1) is 0 Å². The van der Waals surface area contributed by atoms with Gasteiger partial charge < -0.3 is 10.2 Å². The Hall–Kier alpha value is -0.690. The largest absolute Gasteiger partial charge is 0.308 e. The van der Waals surface area contributed by atoms with Gasteiger partial charge in [-0.05, 0) is 48.0 Å². The molecule has 0 saturated heterocycles. The second kappa shape index (κ2) is 7.36. The highest BCUT2D eigenvalue weighted by atomic mass is 79.9. The molecule has 1 unspecified atom stereocenters. The maximum absolute atomic E-state index is 4.51. The third-order valence-electron chi connectivity index (χ3n) is 3.10. The van der Waals surface area contributed by atoms with E-state index in [1.54, 1.807) is 11.3 Å². The molecule has 0 spiro atoms. The summed E-state index contributed by atoms with van der Waals surface area (Å²) >= 11 is 5.42. The van der Waals surface area contributed by atoms with Crippen LogP contribution >= 0.6 is 27.3 Å². The van der Waals surface area contributed by atoms with Crippen molar-refractivity contribution in [3.8, 4) is 0 Å². The first kappa shape index (κ1) is 15.7. The van der Waals surface area contributed by atoms with Crippen molar-refractivity contribution in [2.24, 2.45) is 0 Å². The van der Waals surface area contributed by atoms with Crippen molar-refractivity contribution in [2.45, 2.75) is 19.5 Å². The van der Waals surface area contributed by atoms with E-state index in [-0.39, 0.29) is 6.04 Å². The van der Waals surface area contributed by atoms with Crippen LogP contribution in [-0.2, 0) is 6.54 Å². The SMILES string of the molecule is CCNC(c1cccs1)c1c(Br)cnn1CCN(C)C. The standard InChI is InChI=1S/C14H21BrN4S/c1-4-16-13(12-6-5-9-20-12)14-11(15)10-17-19(14)8-7-18(2)3/h5-6,9-10,13,16H,4,7-8H2,1-3H3. The van der Waals surface area contributed by atoms with Gasteiger partial charge in [0, 0.05) is 11.4 Å². The molecule has 0 aliphatic heterocycles. The third-order valence-corrected chi connectivity index (χ3v) is 4.65. The van der Waals surface area contributed by atoms with Crippen LogP contribution in [0.3, 0.4) is 0 Å². The fraction of sp³-hybridized carbons (Fsp3) is 0.500. The Kier molecular flexibility index (Phi) is 5.77. The van der Waals surface area contributed by atoms with Crippen LogP contribution in [0.15, 0.2) is 28.2 Å². The number of thiophene rings is 1. The van der Waals surface area contributed by atoms with Gasteiger partial charge in [-0.3, -0.25) is 4.68 Å². The number of aromatic nitrogens is 2. The molecule has 2 aromatic heterocycles. The van der Waals surface area contributed by atoms with Crippen molar-refractivity contribution in [3.63, 3.8) is 0 Å². The summed E-state index contributed by atoms with van der Waals surface area (Å²) in [6.07, 6.45) is 1.89. The molecule has 0 saturated carbocycles. The van der Waals surface area contributed by atoms with Crippen LogP contribution in [0.1, 0.15) is 23.5 Å². The van der Waals surface area contributed by atoms with Gasteiger partial charge in [0.05, 0.1) is 29.0 Å². The summed E-state index contributed by atoms with van der Waals surface area (Å²) in [5, 5.41) is 10.2. The van der Waals surface area contributed by atoms with Crippen LogP contribution in [-0.4, -0.2) is 41.9 Å². The van der Waals surface area contributed by atoms with Crippen molar-refractivity contribution in [1.82, 2.24) is 20.0 Å². The molecule has 1 atom stereocenters. The van der Waals surface area contributed by atoms with E-state index in [0.29, 0.717) is 0 Å². The van der Waals surface area contributed by atoms with Crippen LogP contribution in [0.25, 0.3) is 0 Å². The highest BCUT2D eigenvalue weighted by Crippen LogP contribution is 2.31. The number of nitrogens with one attached hydrogen (secondary N) is 1. The first-order valence-corrected chi connectivity index (χ1v) is 8.43. The van der Waals surface area contributed by atoms with Crippen molar-refractivity contribution in [3.05, 3.63) is 38.8 Å². The lowest BCUT2D eigenvalue weighted by Gasteiger charge is -2.20. The zero-order valence-corrected chi connectivity index (χ0v) is 14.5. The lowest BCUT2D eigenvalue weighted by molar-refractivity contribution is 0.365. The van der Waals surface area contributed by atoms with E-state index in [0.717, 1.165) is 24.1 Å². The Morgan fingerprint density at radius 1 is 1.50 bits per heavy atom. The maximum Gasteiger partial charge on any atom is 0.0853 e. The lowest BCUT2D eigenvalue weighted by Crippen LogP contribution is -2.27. The Balaban J connectivity index is 2.30. The highest BCUT2D eigenvalue weighted by Gasteiger charge is 2.21. The summed E-state index contributed by atoms with van der Waals surface area (Å²) in [4.78, 5) is 3.49. The van der Waals surface area contributed by atoms with Crippen LogP contribution in [0.4, 0.5) is 0 Å². The highest BCUT2D eigenvalue weighted by molar-refractivity contribution is 9.10. The molecule has 2 rings (SSSR count). The minimum atomic E-state index is 0.194. The van der Waals surface area contributed by atoms with Crippen LogP contribution in [0.2, 0.25) is 0 Å². The number of hydrogen-bond donors (Lipinski definition) is 1. The molecule has 0 amide bonds. The summed E-state index contributed by atoms with van der Waals surface area (Å²) in [6.45, 7) is 4.93. The fourth-order valence-corrected chi connectivity index (χ4v) is 3.45. The normalized spacial score (nSPS) is 13.1. The second-order valence-electron chi connectivity index (χ2n) is 4.91. The first-order chi connectivity index (χ1) is 9.63. The van der Waals surface area contributed by atoms with Crippen LogP contribution in [0.5, 0.6) is 0 Å². The molecular formula is C14H21BrN4S. The monoisotopic (exact) mass is 356 g/mol. The van der Waals surface area contributed by atoms with Crippen molar-refractivity contribution in [2.75, 3.05) is 27.2 Å². The van der Waals surface area contributed by atoms with Gasteiger partial charge in [0.15, 0.2) is 0 Å². The van der Waals surface area contributed by atoms with Gasteiger partial charge in [0.1, 0.15) is 0 Å². The summed E-state index contributed by atoms with van der Waals surface area (Å²) in [6, 6.07) is 4.46. The minimum absolute atomic E-state index is 0.194. The van der Waals surface area contributed by atoms with Crippen LogP contribution < -0.4 is 5.32 Å². The van der Waals surface area contributed by atoms with Crippen molar-refractivity contribution in [1.29, 1.82) is 0 Å². The fourth-order valence-electron chi connectivity index (χ4n) is 2.12. The third kappa shape index (κ3) is 3.69. The topological polar surface area (TPSA) is 33.1 Å². The van der Waals surface area contributed by atoms with E-state index in [4.69, 9.17) is 0 Å². The minimum Gasteiger partial charge on any atom is -0.308 e. The van der Waals surface area contributed by atoms with E-state index in [2.05, 4.69) is 74.5 Å². The van der Waals surface area contributed by atoms with Crippen molar-refractivity contribution >= 4 is 27.3 Å². The number of hydrogen-bond acceptors (Lipinski definition) is 4. The summed E-state index contributed by atoms with van der Waals surface area (Å²) in [5.74, 6) is 0. The average Bonchev–Trinajstić information content (AvgIpc) is 3.04. The average molecular weight is 357 g/mol. The van der Waals surface area contributed by atoms with E-state index in [1.807, 2.05) is 6.20 Å². The molecule has 110 valence electrons. The molecule has 4 nitrogen and oxygen atoms in total.